The molecule has 0 bridgehead atoms. The van der Waals surface area contributed by atoms with Crippen molar-refractivity contribution in [2.24, 2.45) is 5.16 Å². The summed E-state index contributed by atoms with van der Waals surface area (Å²) in [6, 6.07) is 23.8. The predicted octanol–water partition coefficient (Wildman–Crippen LogP) is 5.26. The molecule has 0 heterocycles. The van der Waals surface area contributed by atoms with E-state index >= 15 is 0 Å². The number of ether oxygens (including phenoxy) is 1. The van der Waals surface area contributed by atoms with E-state index in [1.165, 1.54) is 11.3 Å². The van der Waals surface area contributed by atoms with E-state index in [2.05, 4.69) is 58.6 Å². The second-order valence-corrected chi connectivity index (χ2v) is 7.81. The Hall–Kier alpha value is -3.80. The highest BCUT2D eigenvalue weighted by Gasteiger charge is 2.05. The molecule has 0 saturated heterocycles. The molecule has 172 valence electrons. The van der Waals surface area contributed by atoms with Gasteiger partial charge in [0, 0.05) is 19.8 Å². The van der Waals surface area contributed by atoms with Crippen molar-refractivity contribution in [1.29, 1.82) is 0 Å². The SMILES string of the molecule is CCC(=NOCCOc1cccc(CC(=O)O)c1)c1ccc(-c2ccc(N(C)C)cc2)cc1. The third-order valence-electron chi connectivity index (χ3n) is 5.14. The molecule has 0 fully saturated rings. The van der Waals surface area contributed by atoms with Crippen LogP contribution in [0.5, 0.6) is 5.75 Å². The summed E-state index contributed by atoms with van der Waals surface area (Å²) in [4.78, 5) is 18.4. The second kappa shape index (κ2) is 11.7. The van der Waals surface area contributed by atoms with E-state index in [0.29, 0.717) is 24.5 Å². The third-order valence-corrected chi connectivity index (χ3v) is 5.14. The summed E-state index contributed by atoms with van der Waals surface area (Å²) in [6.45, 7) is 2.66. The maximum Gasteiger partial charge on any atom is 0.307 e. The number of rotatable bonds is 11. The van der Waals surface area contributed by atoms with Gasteiger partial charge in [-0.25, -0.2) is 0 Å². The van der Waals surface area contributed by atoms with E-state index in [-0.39, 0.29) is 6.42 Å². The Bertz CT molecular complexity index is 1070. The molecule has 0 amide bonds. The molecule has 0 aliphatic carbocycles. The van der Waals surface area contributed by atoms with Crippen LogP contribution in [-0.2, 0) is 16.1 Å². The smallest absolute Gasteiger partial charge is 0.307 e. The van der Waals surface area contributed by atoms with Crippen molar-refractivity contribution in [2.45, 2.75) is 19.8 Å². The molecular weight excluding hydrogens is 416 g/mol. The van der Waals surface area contributed by atoms with Gasteiger partial charge in [0.1, 0.15) is 12.4 Å². The molecular formula is C27H30N2O4. The summed E-state index contributed by atoms with van der Waals surface area (Å²) < 4.78 is 5.65. The lowest BCUT2D eigenvalue weighted by molar-refractivity contribution is -0.136. The van der Waals surface area contributed by atoms with Gasteiger partial charge in [0.25, 0.3) is 0 Å². The first-order valence-electron chi connectivity index (χ1n) is 11.0. The molecule has 3 aromatic carbocycles. The molecule has 1 N–H and O–H groups in total. The molecule has 3 rings (SSSR count). The Balaban J connectivity index is 1.53. The van der Waals surface area contributed by atoms with E-state index in [4.69, 9.17) is 14.7 Å². The van der Waals surface area contributed by atoms with Crippen LogP contribution < -0.4 is 9.64 Å². The zero-order valence-corrected chi connectivity index (χ0v) is 19.3. The molecule has 3 aromatic rings. The molecule has 6 nitrogen and oxygen atoms in total. The van der Waals surface area contributed by atoms with Crippen molar-refractivity contribution in [2.75, 3.05) is 32.2 Å². The van der Waals surface area contributed by atoms with Gasteiger partial charge in [-0.1, -0.05) is 60.6 Å². The lowest BCUT2D eigenvalue weighted by Crippen LogP contribution is -2.08. The van der Waals surface area contributed by atoms with E-state index in [1.54, 1.807) is 24.3 Å². The van der Waals surface area contributed by atoms with Crippen LogP contribution >= 0.6 is 0 Å². The maximum absolute atomic E-state index is 10.8. The summed E-state index contributed by atoms with van der Waals surface area (Å²) >= 11 is 0. The van der Waals surface area contributed by atoms with Crippen molar-refractivity contribution in [1.82, 2.24) is 0 Å². The van der Waals surface area contributed by atoms with Crippen molar-refractivity contribution < 1.29 is 19.5 Å². The predicted molar refractivity (Wildman–Crippen MR) is 132 cm³/mol. The van der Waals surface area contributed by atoms with Gasteiger partial charge in [0.15, 0.2) is 6.61 Å². The highest BCUT2D eigenvalue weighted by atomic mass is 16.6. The number of carboxylic acid groups (broad SMARTS) is 1. The molecule has 6 heteroatoms. The summed E-state index contributed by atoms with van der Waals surface area (Å²) in [7, 11) is 4.06. The molecule has 0 spiro atoms. The van der Waals surface area contributed by atoms with Crippen LogP contribution in [0.15, 0.2) is 78.0 Å². The number of carbonyl (C=O) groups is 1. The van der Waals surface area contributed by atoms with Crippen molar-refractivity contribution in [3.63, 3.8) is 0 Å². The van der Waals surface area contributed by atoms with Gasteiger partial charge in [0.05, 0.1) is 12.1 Å². The number of carboxylic acids is 1. The van der Waals surface area contributed by atoms with Crippen molar-refractivity contribution >= 4 is 17.4 Å². The molecule has 33 heavy (non-hydrogen) atoms. The first kappa shape index (κ1) is 23.9. The molecule has 0 radical (unpaired) electrons. The minimum atomic E-state index is -0.868. The fraction of sp³-hybridized carbons (Fsp3) is 0.259. The first-order valence-corrected chi connectivity index (χ1v) is 11.0. The van der Waals surface area contributed by atoms with Gasteiger partial charge in [-0.15, -0.1) is 0 Å². The molecule has 0 atom stereocenters. The van der Waals surface area contributed by atoms with E-state index in [0.717, 1.165) is 23.3 Å². The highest BCUT2D eigenvalue weighted by molar-refractivity contribution is 6.00. The van der Waals surface area contributed by atoms with E-state index in [1.807, 2.05) is 21.0 Å². The Morgan fingerprint density at radius 2 is 1.61 bits per heavy atom. The van der Waals surface area contributed by atoms with Crippen molar-refractivity contribution in [3.05, 3.63) is 83.9 Å². The van der Waals surface area contributed by atoms with Crippen LogP contribution in [0.3, 0.4) is 0 Å². The van der Waals surface area contributed by atoms with Gasteiger partial charge in [-0.2, -0.15) is 0 Å². The standard InChI is InChI=1S/C27H30N2O4/c1-4-26(28-33-17-16-32-25-7-5-6-20(18-25)19-27(30)31)23-10-8-21(9-11-23)22-12-14-24(15-13-22)29(2)3/h5-15,18H,4,16-17,19H2,1-3H3,(H,30,31). The van der Waals surface area contributed by atoms with Crippen LogP contribution in [0.2, 0.25) is 0 Å². The third kappa shape index (κ3) is 7.10. The van der Waals surface area contributed by atoms with Gasteiger partial charge in [-0.05, 0) is 52.9 Å². The molecule has 0 saturated carbocycles. The number of aliphatic carboxylic acids is 1. The second-order valence-electron chi connectivity index (χ2n) is 7.81. The van der Waals surface area contributed by atoms with Crippen molar-refractivity contribution in [3.8, 4) is 16.9 Å². The number of anilines is 1. The van der Waals surface area contributed by atoms with Gasteiger partial charge >= 0.3 is 5.97 Å². The largest absolute Gasteiger partial charge is 0.490 e. The Morgan fingerprint density at radius 1 is 0.939 bits per heavy atom. The zero-order valence-electron chi connectivity index (χ0n) is 19.3. The van der Waals surface area contributed by atoms with Crippen LogP contribution in [0.1, 0.15) is 24.5 Å². The summed E-state index contributed by atoms with van der Waals surface area (Å²) in [6.07, 6.45) is 0.715. The molecule has 0 aliphatic rings. The van der Waals surface area contributed by atoms with Gasteiger partial charge in [-0.3, -0.25) is 4.79 Å². The van der Waals surface area contributed by atoms with Crippen LogP contribution in [0.4, 0.5) is 5.69 Å². The topological polar surface area (TPSA) is 71.4 Å². The first-order chi connectivity index (χ1) is 16.0. The number of nitrogens with zero attached hydrogens (tertiary/aromatic N) is 2. The molecule has 0 aromatic heterocycles. The van der Waals surface area contributed by atoms with Gasteiger partial charge in [0.2, 0.25) is 0 Å². The van der Waals surface area contributed by atoms with Gasteiger partial charge < -0.3 is 19.6 Å². The molecule has 0 unspecified atom stereocenters. The Morgan fingerprint density at radius 3 is 2.21 bits per heavy atom. The summed E-state index contributed by atoms with van der Waals surface area (Å²) in [5.41, 5.74) is 6.08. The van der Waals surface area contributed by atoms with E-state index < -0.39 is 5.97 Å². The van der Waals surface area contributed by atoms with Crippen LogP contribution in [0.25, 0.3) is 11.1 Å². The number of hydrogen-bond acceptors (Lipinski definition) is 5. The monoisotopic (exact) mass is 446 g/mol. The number of hydrogen-bond donors (Lipinski definition) is 1. The lowest BCUT2D eigenvalue weighted by atomic mass is 10.0. The fourth-order valence-corrected chi connectivity index (χ4v) is 3.37. The zero-order chi connectivity index (χ0) is 23.6. The Kier molecular flexibility index (Phi) is 8.47. The highest BCUT2D eigenvalue weighted by Crippen LogP contribution is 2.23. The molecule has 0 aliphatic heterocycles. The number of benzene rings is 3. The lowest BCUT2D eigenvalue weighted by Gasteiger charge is -2.13. The van der Waals surface area contributed by atoms with Crippen LogP contribution in [-0.4, -0.2) is 44.1 Å². The number of oxime groups is 1. The average molecular weight is 447 g/mol. The Labute approximate surface area is 195 Å². The minimum Gasteiger partial charge on any atom is -0.490 e. The average Bonchev–Trinajstić information content (AvgIpc) is 2.81. The fourth-order valence-electron chi connectivity index (χ4n) is 3.37. The maximum atomic E-state index is 10.8. The summed E-state index contributed by atoms with van der Waals surface area (Å²) in [5, 5.41) is 13.2. The summed E-state index contributed by atoms with van der Waals surface area (Å²) in [5.74, 6) is -0.251. The van der Waals surface area contributed by atoms with Crippen LogP contribution in [0, 0.1) is 0 Å². The normalized spacial score (nSPS) is 11.2. The minimum absolute atomic E-state index is 0.0297. The van der Waals surface area contributed by atoms with E-state index in [9.17, 15) is 4.79 Å². The quantitative estimate of drug-likeness (QED) is 0.247.